The van der Waals surface area contributed by atoms with Crippen LogP contribution in [0.4, 0.5) is 0 Å². The molecule has 0 aliphatic heterocycles. The summed E-state index contributed by atoms with van der Waals surface area (Å²) in [6.45, 7) is 14.2. The van der Waals surface area contributed by atoms with Crippen molar-refractivity contribution in [3.8, 4) is 0 Å². The molecule has 0 saturated carbocycles. The van der Waals surface area contributed by atoms with Gasteiger partial charge < -0.3 is 10.2 Å². The Kier molecular flexibility index (Phi) is 6.98. The Morgan fingerprint density at radius 2 is 2.06 bits per heavy atom. The molecule has 4 nitrogen and oxygen atoms in total. The molecule has 1 aromatic heterocycles. The van der Waals surface area contributed by atoms with E-state index in [2.05, 4.69) is 49.2 Å². The van der Waals surface area contributed by atoms with Crippen molar-refractivity contribution in [1.82, 2.24) is 20.0 Å². The standard InChI is InChI=1S/C14H28N4/c1-5-17(6-2)10-8-9-15-13(4)14-11-16-18(7-3)12-14/h11-13,15H,5-10H2,1-4H3. The van der Waals surface area contributed by atoms with E-state index < -0.39 is 0 Å². The third-order valence-corrected chi connectivity index (χ3v) is 3.47. The summed E-state index contributed by atoms with van der Waals surface area (Å²) in [6, 6.07) is 0.391. The van der Waals surface area contributed by atoms with Crippen LogP contribution in [-0.4, -0.2) is 40.9 Å². The van der Waals surface area contributed by atoms with Crippen LogP contribution >= 0.6 is 0 Å². The first kappa shape index (κ1) is 15.2. The Bertz CT molecular complexity index is 317. The molecule has 0 bridgehead atoms. The van der Waals surface area contributed by atoms with Gasteiger partial charge in [0.15, 0.2) is 0 Å². The minimum atomic E-state index is 0.391. The molecule has 0 aliphatic carbocycles. The van der Waals surface area contributed by atoms with E-state index in [4.69, 9.17) is 0 Å². The normalized spacial score (nSPS) is 13.2. The molecule has 0 aliphatic rings. The predicted octanol–water partition coefficient (Wildman–Crippen LogP) is 2.29. The Morgan fingerprint density at radius 3 is 2.61 bits per heavy atom. The van der Waals surface area contributed by atoms with E-state index in [1.54, 1.807) is 0 Å². The Balaban J connectivity index is 2.22. The molecule has 1 heterocycles. The van der Waals surface area contributed by atoms with Gasteiger partial charge in [-0.3, -0.25) is 4.68 Å². The number of aryl methyl sites for hydroxylation is 1. The zero-order valence-electron chi connectivity index (χ0n) is 12.3. The molecule has 1 aromatic rings. The minimum absolute atomic E-state index is 0.391. The fourth-order valence-electron chi connectivity index (χ4n) is 2.06. The average Bonchev–Trinajstić information content (AvgIpc) is 2.87. The van der Waals surface area contributed by atoms with E-state index in [1.807, 2.05) is 10.9 Å². The molecule has 0 aromatic carbocycles. The first-order valence-electron chi connectivity index (χ1n) is 7.19. The number of hydrogen-bond donors (Lipinski definition) is 1. The molecule has 4 heteroatoms. The molecule has 0 saturated heterocycles. The number of hydrogen-bond acceptors (Lipinski definition) is 3. The second kappa shape index (κ2) is 8.27. The van der Waals surface area contributed by atoms with Gasteiger partial charge in [-0.15, -0.1) is 0 Å². The van der Waals surface area contributed by atoms with Gasteiger partial charge in [-0.1, -0.05) is 13.8 Å². The van der Waals surface area contributed by atoms with Crippen LogP contribution in [0.15, 0.2) is 12.4 Å². The zero-order chi connectivity index (χ0) is 13.4. The van der Waals surface area contributed by atoms with Gasteiger partial charge in [0, 0.05) is 24.3 Å². The monoisotopic (exact) mass is 252 g/mol. The fourth-order valence-corrected chi connectivity index (χ4v) is 2.06. The highest BCUT2D eigenvalue weighted by Gasteiger charge is 2.07. The van der Waals surface area contributed by atoms with E-state index in [9.17, 15) is 0 Å². The van der Waals surface area contributed by atoms with E-state index in [0.29, 0.717) is 6.04 Å². The zero-order valence-corrected chi connectivity index (χ0v) is 12.3. The SMILES string of the molecule is CCN(CC)CCCNC(C)c1cnn(CC)c1. The summed E-state index contributed by atoms with van der Waals surface area (Å²) in [4.78, 5) is 2.46. The molecule has 1 atom stereocenters. The lowest BCUT2D eigenvalue weighted by Gasteiger charge is -2.18. The molecule has 0 amide bonds. The molecule has 0 spiro atoms. The summed E-state index contributed by atoms with van der Waals surface area (Å²) in [5, 5.41) is 7.87. The van der Waals surface area contributed by atoms with Gasteiger partial charge >= 0.3 is 0 Å². The molecule has 0 radical (unpaired) electrons. The summed E-state index contributed by atoms with van der Waals surface area (Å²) < 4.78 is 1.98. The fraction of sp³-hybridized carbons (Fsp3) is 0.786. The third kappa shape index (κ3) is 4.78. The van der Waals surface area contributed by atoms with Gasteiger partial charge in [0.05, 0.1) is 6.20 Å². The lowest BCUT2D eigenvalue weighted by atomic mass is 10.2. The second-order valence-electron chi connectivity index (χ2n) is 4.69. The summed E-state index contributed by atoms with van der Waals surface area (Å²) in [5.74, 6) is 0. The van der Waals surface area contributed by atoms with Crippen molar-refractivity contribution in [2.45, 2.75) is 46.7 Å². The summed E-state index contributed by atoms with van der Waals surface area (Å²) in [5.41, 5.74) is 1.28. The van der Waals surface area contributed by atoms with Crippen molar-refractivity contribution in [2.24, 2.45) is 0 Å². The van der Waals surface area contributed by atoms with Crippen LogP contribution in [0, 0.1) is 0 Å². The van der Waals surface area contributed by atoms with Crippen molar-refractivity contribution in [3.05, 3.63) is 18.0 Å². The van der Waals surface area contributed by atoms with Crippen LogP contribution in [0.2, 0.25) is 0 Å². The molecule has 1 N–H and O–H groups in total. The Hall–Kier alpha value is -0.870. The lowest BCUT2D eigenvalue weighted by molar-refractivity contribution is 0.296. The van der Waals surface area contributed by atoms with Crippen molar-refractivity contribution in [1.29, 1.82) is 0 Å². The van der Waals surface area contributed by atoms with Gasteiger partial charge in [-0.05, 0) is 46.4 Å². The minimum Gasteiger partial charge on any atom is -0.310 e. The maximum Gasteiger partial charge on any atom is 0.0537 e. The number of rotatable bonds is 9. The van der Waals surface area contributed by atoms with Crippen molar-refractivity contribution < 1.29 is 0 Å². The van der Waals surface area contributed by atoms with Crippen LogP contribution in [0.25, 0.3) is 0 Å². The number of aromatic nitrogens is 2. The highest BCUT2D eigenvalue weighted by atomic mass is 15.3. The molecular weight excluding hydrogens is 224 g/mol. The molecular formula is C14H28N4. The van der Waals surface area contributed by atoms with Crippen LogP contribution in [-0.2, 0) is 6.54 Å². The van der Waals surface area contributed by atoms with Crippen LogP contribution in [0.3, 0.4) is 0 Å². The van der Waals surface area contributed by atoms with Crippen molar-refractivity contribution in [2.75, 3.05) is 26.2 Å². The van der Waals surface area contributed by atoms with Crippen molar-refractivity contribution >= 4 is 0 Å². The van der Waals surface area contributed by atoms with Gasteiger partial charge in [0.25, 0.3) is 0 Å². The largest absolute Gasteiger partial charge is 0.310 e. The van der Waals surface area contributed by atoms with E-state index in [-0.39, 0.29) is 0 Å². The highest BCUT2D eigenvalue weighted by Crippen LogP contribution is 2.10. The molecule has 1 unspecified atom stereocenters. The molecule has 104 valence electrons. The van der Waals surface area contributed by atoms with E-state index >= 15 is 0 Å². The number of nitrogens with zero attached hydrogens (tertiary/aromatic N) is 3. The van der Waals surface area contributed by atoms with Gasteiger partial charge in [-0.25, -0.2) is 0 Å². The average molecular weight is 252 g/mol. The van der Waals surface area contributed by atoms with Gasteiger partial charge in [-0.2, -0.15) is 5.10 Å². The van der Waals surface area contributed by atoms with Crippen LogP contribution in [0.1, 0.15) is 45.7 Å². The lowest BCUT2D eigenvalue weighted by Crippen LogP contribution is -2.28. The first-order chi connectivity index (χ1) is 8.71. The molecule has 18 heavy (non-hydrogen) atoms. The molecule has 0 fully saturated rings. The maximum absolute atomic E-state index is 4.31. The topological polar surface area (TPSA) is 33.1 Å². The summed E-state index contributed by atoms with van der Waals surface area (Å²) in [6.07, 6.45) is 5.29. The van der Waals surface area contributed by atoms with Crippen LogP contribution in [0.5, 0.6) is 0 Å². The third-order valence-electron chi connectivity index (χ3n) is 3.47. The second-order valence-corrected chi connectivity index (χ2v) is 4.69. The Labute approximate surface area is 111 Å². The van der Waals surface area contributed by atoms with Gasteiger partial charge in [0.1, 0.15) is 0 Å². The summed E-state index contributed by atoms with van der Waals surface area (Å²) >= 11 is 0. The highest BCUT2D eigenvalue weighted by molar-refractivity contribution is 5.08. The van der Waals surface area contributed by atoms with E-state index in [0.717, 1.165) is 26.2 Å². The predicted molar refractivity (Wildman–Crippen MR) is 76.7 cm³/mol. The summed E-state index contributed by atoms with van der Waals surface area (Å²) in [7, 11) is 0. The Morgan fingerprint density at radius 1 is 1.33 bits per heavy atom. The van der Waals surface area contributed by atoms with Gasteiger partial charge in [0.2, 0.25) is 0 Å². The first-order valence-corrected chi connectivity index (χ1v) is 7.19. The van der Waals surface area contributed by atoms with Crippen LogP contribution < -0.4 is 5.32 Å². The quantitative estimate of drug-likeness (QED) is 0.685. The maximum atomic E-state index is 4.31. The number of nitrogens with one attached hydrogen (secondary N) is 1. The van der Waals surface area contributed by atoms with E-state index in [1.165, 1.54) is 18.5 Å². The molecule has 1 rings (SSSR count). The van der Waals surface area contributed by atoms with Crippen molar-refractivity contribution in [3.63, 3.8) is 0 Å². The smallest absolute Gasteiger partial charge is 0.0537 e.